The van der Waals surface area contributed by atoms with Gasteiger partial charge in [-0.05, 0) is 60.8 Å². The van der Waals surface area contributed by atoms with Gasteiger partial charge >= 0.3 is 18.2 Å². The summed E-state index contributed by atoms with van der Waals surface area (Å²) in [4.78, 5) is 26.2. The van der Waals surface area contributed by atoms with E-state index in [2.05, 4.69) is 4.74 Å². The maximum Gasteiger partial charge on any atom is 0.573 e. The molecule has 2 aromatic carbocycles. The van der Waals surface area contributed by atoms with E-state index in [0.717, 1.165) is 28.7 Å². The molecule has 0 heterocycles. The zero-order valence-corrected chi connectivity index (χ0v) is 18.4. The summed E-state index contributed by atoms with van der Waals surface area (Å²) in [5.74, 6) is -0.927. The second-order valence-corrected chi connectivity index (χ2v) is 8.62. The Kier molecular flexibility index (Phi) is 6.66. The maximum absolute atomic E-state index is 12.7. The van der Waals surface area contributed by atoms with E-state index in [9.17, 15) is 27.9 Å². The highest BCUT2D eigenvalue weighted by Crippen LogP contribution is 2.47. The van der Waals surface area contributed by atoms with Crippen LogP contribution in [0.25, 0.3) is 0 Å². The second kappa shape index (κ2) is 8.99. The van der Waals surface area contributed by atoms with Crippen LogP contribution in [0, 0.1) is 12.3 Å². The van der Waals surface area contributed by atoms with Crippen molar-refractivity contribution in [2.24, 2.45) is 0 Å². The molecule has 0 radical (unpaired) electrons. The zero-order chi connectivity index (χ0) is 24.4. The molecule has 3 rings (SSSR count). The molecule has 2 aromatic rings. The third-order valence-corrected chi connectivity index (χ3v) is 6.50. The average Bonchev–Trinajstić information content (AvgIpc) is 2.76. The van der Waals surface area contributed by atoms with Gasteiger partial charge < -0.3 is 9.84 Å². The minimum Gasteiger partial charge on any atom is -0.479 e. The van der Waals surface area contributed by atoms with Crippen LogP contribution in [-0.4, -0.2) is 28.9 Å². The highest BCUT2D eigenvalue weighted by molar-refractivity contribution is 6.32. The smallest absolute Gasteiger partial charge is 0.479 e. The van der Waals surface area contributed by atoms with E-state index < -0.39 is 34.5 Å². The predicted octanol–water partition coefficient (Wildman–Crippen LogP) is 5.56. The van der Waals surface area contributed by atoms with Gasteiger partial charge in [-0.25, -0.2) is 4.79 Å². The minimum absolute atomic E-state index is 0.0248. The number of carboxylic acid groups (broad SMARTS) is 1. The van der Waals surface area contributed by atoms with Gasteiger partial charge in [-0.1, -0.05) is 48.9 Å². The van der Waals surface area contributed by atoms with Crippen LogP contribution in [-0.2, 0) is 15.0 Å². The van der Waals surface area contributed by atoms with Gasteiger partial charge in [0.15, 0.2) is 0 Å². The molecule has 0 spiro atoms. The lowest BCUT2D eigenvalue weighted by atomic mass is 9.64. The number of carbonyl (C=O) groups excluding carboxylic acids is 1. The number of aliphatic carboxylic acids is 1. The normalized spacial score (nSPS) is 22.8. The van der Waals surface area contributed by atoms with Crippen molar-refractivity contribution in [3.8, 4) is 18.1 Å². The van der Waals surface area contributed by atoms with Crippen LogP contribution >= 0.6 is 11.6 Å². The molecule has 1 amide bonds. The Morgan fingerprint density at radius 1 is 1.12 bits per heavy atom. The molecule has 1 N–H and O–H groups in total. The van der Waals surface area contributed by atoms with Gasteiger partial charge in [-0.15, -0.1) is 19.6 Å². The molecule has 1 aliphatic rings. The number of anilines is 1. The first kappa shape index (κ1) is 24.5. The van der Waals surface area contributed by atoms with Crippen molar-refractivity contribution in [1.82, 2.24) is 0 Å². The van der Waals surface area contributed by atoms with Crippen molar-refractivity contribution in [3.05, 3.63) is 59.1 Å². The van der Waals surface area contributed by atoms with Gasteiger partial charge in [0.1, 0.15) is 11.3 Å². The molecule has 174 valence electrons. The SMILES string of the molecule is C#CC(=O)N(c1ccc(OC(F)(F)F)c(Cl)c1)C1(C(=O)O)CCC(C)(c2ccccc2)CC1. The Morgan fingerprint density at radius 2 is 1.73 bits per heavy atom. The van der Waals surface area contributed by atoms with Gasteiger partial charge in [0.25, 0.3) is 0 Å². The Hall–Kier alpha value is -3.18. The first-order valence-corrected chi connectivity index (χ1v) is 10.4. The Balaban J connectivity index is 2.00. The Bertz CT molecular complexity index is 1090. The molecule has 0 atom stereocenters. The van der Waals surface area contributed by atoms with Crippen molar-refractivity contribution in [2.75, 3.05) is 4.90 Å². The third kappa shape index (κ3) is 4.93. The predicted molar refractivity (Wildman–Crippen MR) is 117 cm³/mol. The molecule has 5 nitrogen and oxygen atoms in total. The number of nitrogens with zero attached hydrogens (tertiary/aromatic N) is 1. The molecule has 1 saturated carbocycles. The van der Waals surface area contributed by atoms with Gasteiger partial charge in [0.2, 0.25) is 0 Å². The number of amides is 1. The van der Waals surface area contributed by atoms with E-state index in [0.29, 0.717) is 12.8 Å². The van der Waals surface area contributed by atoms with Crippen LogP contribution in [0.4, 0.5) is 18.9 Å². The maximum atomic E-state index is 12.7. The largest absolute Gasteiger partial charge is 0.573 e. The summed E-state index contributed by atoms with van der Waals surface area (Å²) >= 11 is 5.95. The number of hydrogen-bond acceptors (Lipinski definition) is 3. The fourth-order valence-electron chi connectivity index (χ4n) is 4.34. The summed E-state index contributed by atoms with van der Waals surface area (Å²) in [6, 6.07) is 12.7. The lowest BCUT2D eigenvalue weighted by molar-refractivity contribution is -0.274. The molecule has 1 aliphatic carbocycles. The number of terminal acetylenes is 1. The van der Waals surface area contributed by atoms with E-state index in [4.69, 9.17) is 18.0 Å². The van der Waals surface area contributed by atoms with Crippen molar-refractivity contribution in [2.45, 2.75) is 49.9 Å². The zero-order valence-electron chi connectivity index (χ0n) is 17.7. The van der Waals surface area contributed by atoms with Gasteiger partial charge in [-0.2, -0.15) is 0 Å². The number of alkyl halides is 3. The van der Waals surface area contributed by atoms with Crippen LogP contribution in [0.15, 0.2) is 48.5 Å². The summed E-state index contributed by atoms with van der Waals surface area (Å²) in [5, 5.41) is 9.77. The standard InChI is InChI=1S/C24H21ClF3NO4/c1-3-20(30)29(17-9-10-19(18(25)15-17)33-24(26,27)28)23(21(31)32)13-11-22(2,12-14-23)16-7-5-4-6-8-16/h1,4-10,15H,11-14H2,2H3,(H,31,32). The molecule has 0 aliphatic heterocycles. The fourth-order valence-corrected chi connectivity index (χ4v) is 4.55. The molecule has 9 heteroatoms. The van der Waals surface area contributed by atoms with Crippen molar-refractivity contribution in [3.63, 3.8) is 0 Å². The van der Waals surface area contributed by atoms with E-state index in [1.165, 1.54) is 0 Å². The molecule has 33 heavy (non-hydrogen) atoms. The van der Waals surface area contributed by atoms with Crippen LogP contribution in [0.2, 0.25) is 5.02 Å². The highest BCUT2D eigenvalue weighted by Gasteiger charge is 2.52. The topological polar surface area (TPSA) is 66.8 Å². The number of rotatable bonds is 5. The third-order valence-electron chi connectivity index (χ3n) is 6.20. The summed E-state index contributed by atoms with van der Waals surface area (Å²) < 4.78 is 41.6. The van der Waals surface area contributed by atoms with Gasteiger partial charge in [-0.3, -0.25) is 9.69 Å². The molecule has 0 unspecified atom stereocenters. The number of carbonyl (C=O) groups is 2. The monoisotopic (exact) mass is 479 g/mol. The van der Waals surface area contributed by atoms with Crippen molar-refractivity contribution >= 4 is 29.2 Å². The van der Waals surface area contributed by atoms with Crippen LogP contribution in [0.5, 0.6) is 5.75 Å². The summed E-state index contributed by atoms with van der Waals surface area (Å²) in [5.41, 5.74) is -0.973. The van der Waals surface area contributed by atoms with Crippen molar-refractivity contribution in [1.29, 1.82) is 0 Å². The quantitative estimate of drug-likeness (QED) is 0.570. The van der Waals surface area contributed by atoms with E-state index in [1.807, 2.05) is 43.2 Å². The second-order valence-electron chi connectivity index (χ2n) is 8.21. The Labute approximate surface area is 194 Å². The number of hydrogen-bond donors (Lipinski definition) is 1. The van der Waals surface area contributed by atoms with Crippen LogP contribution in [0.1, 0.15) is 38.2 Å². The number of carboxylic acids is 1. The molecule has 1 fully saturated rings. The van der Waals surface area contributed by atoms with Gasteiger partial charge in [0.05, 0.1) is 5.02 Å². The molecule has 0 aromatic heterocycles. The lowest BCUT2D eigenvalue weighted by Crippen LogP contribution is -2.60. The lowest BCUT2D eigenvalue weighted by Gasteiger charge is -2.47. The van der Waals surface area contributed by atoms with E-state index >= 15 is 0 Å². The number of benzene rings is 2. The van der Waals surface area contributed by atoms with Crippen LogP contribution in [0.3, 0.4) is 0 Å². The number of halogens is 4. The summed E-state index contributed by atoms with van der Waals surface area (Å²) in [6.45, 7) is 2.03. The number of ether oxygens (including phenoxy) is 1. The average molecular weight is 480 g/mol. The summed E-state index contributed by atoms with van der Waals surface area (Å²) in [6.07, 6.45) is 1.42. The molecular weight excluding hydrogens is 459 g/mol. The first-order valence-electron chi connectivity index (χ1n) is 10.1. The van der Waals surface area contributed by atoms with E-state index in [1.54, 1.807) is 0 Å². The van der Waals surface area contributed by atoms with E-state index in [-0.39, 0.29) is 23.9 Å². The fraction of sp³-hybridized carbons (Fsp3) is 0.333. The van der Waals surface area contributed by atoms with Crippen LogP contribution < -0.4 is 9.64 Å². The van der Waals surface area contributed by atoms with Gasteiger partial charge in [0, 0.05) is 5.69 Å². The van der Waals surface area contributed by atoms with Crippen molar-refractivity contribution < 1.29 is 32.6 Å². The highest BCUT2D eigenvalue weighted by atomic mass is 35.5. The Morgan fingerprint density at radius 3 is 2.21 bits per heavy atom. The minimum atomic E-state index is -4.97. The molecule has 0 bridgehead atoms. The molecular formula is C24H21ClF3NO4. The molecule has 0 saturated heterocycles. The first-order chi connectivity index (χ1) is 15.4. The summed E-state index contributed by atoms with van der Waals surface area (Å²) in [7, 11) is 0.